The van der Waals surface area contributed by atoms with E-state index in [0.29, 0.717) is 36.8 Å². The molecule has 0 fully saturated rings. The van der Waals surface area contributed by atoms with E-state index < -0.39 is 6.10 Å². The molecule has 124 valence electrons. The van der Waals surface area contributed by atoms with Gasteiger partial charge in [0.15, 0.2) is 11.5 Å². The summed E-state index contributed by atoms with van der Waals surface area (Å²) in [6.45, 7) is 4.61. The largest absolute Gasteiger partial charge is 0.496 e. The normalized spacial score (nSPS) is 11.7. The number of amides is 1. The maximum atomic E-state index is 12.1. The van der Waals surface area contributed by atoms with Crippen LogP contribution in [-0.4, -0.2) is 39.9 Å². The van der Waals surface area contributed by atoms with Crippen molar-refractivity contribution in [3.05, 3.63) is 17.7 Å². The molecule has 1 N–H and O–H groups in total. The van der Waals surface area contributed by atoms with Gasteiger partial charge in [-0.15, -0.1) is 0 Å². The topological polar surface area (TPSA) is 66.0 Å². The van der Waals surface area contributed by atoms with Crippen molar-refractivity contribution < 1.29 is 23.7 Å². The lowest BCUT2D eigenvalue weighted by molar-refractivity contribution is -0.132. The van der Waals surface area contributed by atoms with Crippen molar-refractivity contribution in [3.63, 3.8) is 0 Å². The third-order valence-corrected chi connectivity index (χ3v) is 3.27. The first-order valence-corrected chi connectivity index (χ1v) is 7.29. The zero-order valence-corrected chi connectivity index (χ0v) is 13.9. The minimum Gasteiger partial charge on any atom is -0.496 e. The summed E-state index contributed by atoms with van der Waals surface area (Å²) >= 11 is 0. The van der Waals surface area contributed by atoms with E-state index in [1.54, 1.807) is 33.5 Å². The van der Waals surface area contributed by atoms with Crippen molar-refractivity contribution in [1.82, 2.24) is 5.32 Å². The van der Waals surface area contributed by atoms with E-state index in [2.05, 4.69) is 5.32 Å². The fourth-order valence-electron chi connectivity index (χ4n) is 2.11. The third-order valence-electron chi connectivity index (χ3n) is 3.27. The summed E-state index contributed by atoms with van der Waals surface area (Å²) in [7, 11) is 4.70. The summed E-state index contributed by atoms with van der Waals surface area (Å²) < 4.78 is 21.2. The Labute approximate surface area is 131 Å². The minimum absolute atomic E-state index is 0.138. The van der Waals surface area contributed by atoms with Crippen molar-refractivity contribution in [1.29, 1.82) is 0 Å². The Kier molecular flexibility index (Phi) is 7.52. The lowest BCUT2D eigenvalue weighted by atomic mass is 10.1. The number of rotatable bonds is 9. The lowest BCUT2D eigenvalue weighted by Gasteiger charge is -2.17. The van der Waals surface area contributed by atoms with Crippen LogP contribution in [0.5, 0.6) is 17.2 Å². The summed E-state index contributed by atoms with van der Waals surface area (Å²) in [6, 6.07) is 3.53. The second kappa shape index (κ2) is 9.15. The highest BCUT2D eigenvalue weighted by molar-refractivity contribution is 5.80. The number of nitrogens with one attached hydrogen (secondary N) is 1. The van der Waals surface area contributed by atoms with Crippen LogP contribution in [0.3, 0.4) is 0 Å². The standard InChI is InChI=1S/C16H25NO5/c1-6-12(22-7-2)16(18)17-10-11-8-14(20-4)15(21-5)9-13(11)19-3/h8-9,12H,6-7,10H2,1-5H3,(H,17,18)/t12-/m1/s1. The molecule has 0 aliphatic heterocycles. The van der Waals surface area contributed by atoms with E-state index in [0.717, 1.165) is 5.56 Å². The average Bonchev–Trinajstić information content (AvgIpc) is 2.56. The maximum Gasteiger partial charge on any atom is 0.249 e. The van der Waals surface area contributed by atoms with Gasteiger partial charge in [0.2, 0.25) is 5.91 Å². The molecule has 0 aromatic heterocycles. The molecule has 1 aromatic carbocycles. The molecule has 1 rings (SSSR count). The predicted molar refractivity (Wildman–Crippen MR) is 83.6 cm³/mol. The fraction of sp³-hybridized carbons (Fsp3) is 0.562. The second-order valence-corrected chi connectivity index (χ2v) is 4.59. The highest BCUT2D eigenvalue weighted by Crippen LogP contribution is 2.34. The molecule has 0 bridgehead atoms. The summed E-state index contributed by atoms with van der Waals surface area (Å²) in [4.78, 5) is 12.1. The molecule has 0 saturated heterocycles. The molecule has 0 aliphatic rings. The Bertz CT molecular complexity index is 490. The Hall–Kier alpha value is -1.95. The van der Waals surface area contributed by atoms with Crippen molar-refractivity contribution >= 4 is 5.91 Å². The fourth-order valence-corrected chi connectivity index (χ4v) is 2.11. The van der Waals surface area contributed by atoms with E-state index in [-0.39, 0.29) is 5.91 Å². The second-order valence-electron chi connectivity index (χ2n) is 4.59. The van der Waals surface area contributed by atoms with Gasteiger partial charge in [0.1, 0.15) is 11.9 Å². The van der Waals surface area contributed by atoms with Gasteiger partial charge in [-0.1, -0.05) is 6.92 Å². The molecule has 22 heavy (non-hydrogen) atoms. The summed E-state index contributed by atoms with van der Waals surface area (Å²) in [5.41, 5.74) is 0.805. The molecule has 1 amide bonds. The Morgan fingerprint density at radius 3 is 2.14 bits per heavy atom. The van der Waals surface area contributed by atoms with Crippen molar-refractivity contribution in [2.75, 3.05) is 27.9 Å². The Balaban J connectivity index is 2.86. The molecule has 0 spiro atoms. The van der Waals surface area contributed by atoms with Crippen LogP contribution in [-0.2, 0) is 16.1 Å². The molecule has 6 heteroatoms. The first-order chi connectivity index (χ1) is 10.6. The molecule has 1 aromatic rings. The lowest BCUT2D eigenvalue weighted by Crippen LogP contribution is -2.35. The molecule has 0 saturated carbocycles. The van der Waals surface area contributed by atoms with Gasteiger partial charge in [-0.25, -0.2) is 0 Å². The number of ether oxygens (including phenoxy) is 4. The van der Waals surface area contributed by atoms with Gasteiger partial charge in [0.25, 0.3) is 0 Å². The summed E-state index contributed by atoms with van der Waals surface area (Å²) in [5, 5.41) is 2.86. The monoisotopic (exact) mass is 311 g/mol. The molecule has 0 radical (unpaired) electrons. The summed E-state index contributed by atoms with van der Waals surface area (Å²) in [5.74, 6) is 1.66. The minimum atomic E-state index is -0.434. The van der Waals surface area contributed by atoms with Crippen LogP contribution in [0.2, 0.25) is 0 Å². The van der Waals surface area contributed by atoms with Gasteiger partial charge in [-0.2, -0.15) is 0 Å². The molecule has 1 atom stereocenters. The van der Waals surface area contributed by atoms with E-state index in [4.69, 9.17) is 18.9 Å². The SMILES string of the molecule is CCO[C@H](CC)C(=O)NCc1cc(OC)c(OC)cc1OC. The number of methoxy groups -OCH3 is 3. The van der Waals surface area contributed by atoms with Crippen molar-refractivity contribution in [3.8, 4) is 17.2 Å². The molecule has 0 unspecified atom stereocenters. The zero-order valence-electron chi connectivity index (χ0n) is 13.9. The van der Waals surface area contributed by atoms with Gasteiger partial charge in [0, 0.05) is 24.8 Å². The molecular formula is C16H25NO5. The van der Waals surface area contributed by atoms with E-state index in [1.807, 2.05) is 13.8 Å². The van der Waals surface area contributed by atoms with E-state index in [1.165, 1.54) is 0 Å². The van der Waals surface area contributed by atoms with E-state index >= 15 is 0 Å². The molecular weight excluding hydrogens is 286 g/mol. The highest BCUT2D eigenvalue weighted by atomic mass is 16.5. The average molecular weight is 311 g/mol. The first-order valence-electron chi connectivity index (χ1n) is 7.29. The van der Waals surface area contributed by atoms with Gasteiger partial charge >= 0.3 is 0 Å². The van der Waals surface area contributed by atoms with Crippen molar-refractivity contribution in [2.24, 2.45) is 0 Å². The van der Waals surface area contributed by atoms with Crippen LogP contribution < -0.4 is 19.5 Å². The van der Waals surface area contributed by atoms with Crippen LogP contribution in [0.25, 0.3) is 0 Å². The summed E-state index contributed by atoms with van der Waals surface area (Å²) in [6.07, 6.45) is 0.194. The van der Waals surface area contributed by atoms with Gasteiger partial charge in [0.05, 0.1) is 21.3 Å². The quantitative estimate of drug-likeness (QED) is 0.757. The Morgan fingerprint density at radius 2 is 1.64 bits per heavy atom. The third kappa shape index (κ3) is 4.53. The predicted octanol–water partition coefficient (Wildman–Crippen LogP) is 2.14. The number of hydrogen-bond acceptors (Lipinski definition) is 5. The van der Waals surface area contributed by atoms with Crippen LogP contribution >= 0.6 is 0 Å². The first kappa shape index (κ1) is 18.1. The van der Waals surface area contributed by atoms with Crippen LogP contribution in [0.4, 0.5) is 0 Å². The maximum absolute atomic E-state index is 12.1. The van der Waals surface area contributed by atoms with Crippen LogP contribution in [0.15, 0.2) is 12.1 Å². The number of carbonyl (C=O) groups excluding carboxylic acids is 1. The molecule has 0 aliphatic carbocycles. The van der Waals surface area contributed by atoms with Crippen LogP contribution in [0.1, 0.15) is 25.8 Å². The molecule has 6 nitrogen and oxygen atoms in total. The Morgan fingerprint density at radius 1 is 1.05 bits per heavy atom. The molecule has 0 heterocycles. The number of benzene rings is 1. The number of carbonyl (C=O) groups is 1. The zero-order chi connectivity index (χ0) is 16.5. The van der Waals surface area contributed by atoms with Gasteiger partial charge in [-0.05, 0) is 19.4 Å². The van der Waals surface area contributed by atoms with Gasteiger partial charge < -0.3 is 24.3 Å². The van der Waals surface area contributed by atoms with Crippen LogP contribution in [0, 0.1) is 0 Å². The van der Waals surface area contributed by atoms with Crippen molar-refractivity contribution in [2.45, 2.75) is 32.9 Å². The highest BCUT2D eigenvalue weighted by Gasteiger charge is 2.17. The van der Waals surface area contributed by atoms with E-state index in [9.17, 15) is 4.79 Å². The number of hydrogen-bond donors (Lipinski definition) is 1. The van der Waals surface area contributed by atoms with Gasteiger partial charge in [-0.3, -0.25) is 4.79 Å². The smallest absolute Gasteiger partial charge is 0.249 e.